The molecule has 0 bridgehead atoms. The highest BCUT2D eigenvalue weighted by Crippen LogP contribution is 2.34. The summed E-state index contributed by atoms with van der Waals surface area (Å²) in [6.45, 7) is 6.68. The molecule has 19 heavy (non-hydrogen) atoms. The summed E-state index contributed by atoms with van der Waals surface area (Å²) in [5, 5.41) is 5.68. The van der Waals surface area contributed by atoms with Crippen LogP contribution < -0.4 is 0 Å². The van der Waals surface area contributed by atoms with E-state index >= 15 is 0 Å². The number of fused-ring (bicyclic) bond motifs is 3. The molecular formula is C18H17Cl. The van der Waals surface area contributed by atoms with Crippen LogP contribution in [-0.2, 0) is 5.41 Å². The van der Waals surface area contributed by atoms with Gasteiger partial charge in [-0.2, -0.15) is 0 Å². The van der Waals surface area contributed by atoms with Crippen LogP contribution in [0.4, 0.5) is 0 Å². The van der Waals surface area contributed by atoms with Gasteiger partial charge in [0.1, 0.15) is 0 Å². The summed E-state index contributed by atoms with van der Waals surface area (Å²) in [5.74, 6) is 0. The second-order valence-corrected chi connectivity index (χ2v) is 6.50. The Morgan fingerprint density at radius 1 is 0.789 bits per heavy atom. The lowest BCUT2D eigenvalue weighted by atomic mass is 9.85. The van der Waals surface area contributed by atoms with E-state index in [0.29, 0.717) is 0 Å². The third-order valence-electron chi connectivity index (χ3n) is 3.68. The zero-order valence-corrected chi connectivity index (χ0v) is 12.3. The zero-order chi connectivity index (χ0) is 13.6. The van der Waals surface area contributed by atoms with Gasteiger partial charge in [-0.3, -0.25) is 0 Å². The van der Waals surface area contributed by atoms with Gasteiger partial charge >= 0.3 is 0 Å². The Labute approximate surface area is 119 Å². The van der Waals surface area contributed by atoms with Gasteiger partial charge in [0.25, 0.3) is 0 Å². The van der Waals surface area contributed by atoms with Gasteiger partial charge in [-0.15, -0.1) is 0 Å². The van der Waals surface area contributed by atoms with Gasteiger partial charge in [-0.25, -0.2) is 0 Å². The van der Waals surface area contributed by atoms with Crippen LogP contribution in [0.15, 0.2) is 48.5 Å². The summed E-state index contributed by atoms with van der Waals surface area (Å²) < 4.78 is 0. The van der Waals surface area contributed by atoms with Crippen molar-refractivity contribution in [2.45, 2.75) is 26.2 Å². The molecule has 1 heteroatoms. The molecule has 0 saturated heterocycles. The quantitative estimate of drug-likeness (QED) is 0.442. The van der Waals surface area contributed by atoms with Crippen molar-refractivity contribution in [3.8, 4) is 0 Å². The molecule has 96 valence electrons. The molecular weight excluding hydrogens is 252 g/mol. The Morgan fingerprint density at radius 3 is 2.26 bits per heavy atom. The first-order chi connectivity index (χ1) is 8.97. The summed E-state index contributed by atoms with van der Waals surface area (Å²) in [6.07, 6.45) is 0. The number of hydrogen-bond donors (Lipinski definition) is 0. The zero-order valence-electron chi connectivity index (χ0n) is 11.5. The first kappa shape index (κ1) is 12.5. The van der Waals surface area contributed by atoms with Crippen LogP contribution >= 0.6 is 11.6 Å². The van der Waals surface area contributed by atoms with Gasteiger partial charge in [-0.05, 0) is 39.3 Å². The highest BCUT2D eigenvalue weighted by Gasteiger charge is 2.15. The van der Waals surface area contributed by atoms with E-state index in [2.05, 4.69) is 63.2 Å². The lowest BCUT2D eigenvalue weighted by Gasteiger charge is -2.20. The molecule has 0 aromatic heterocycles. The fourth-order valence-electron chi connectivity index (χ4n) is 2.53. The smallest absolute Gasteiger partial charge is 0.0490 e. The van der Waals surface area contributed by atoms with Gasteiger partial charge in [-0.1, -0.05) is 68.8 Å². The molecule has 0 radical (unpaired) electrons. The highest BCUT2D eigenvalue weighted by atomic mass is 35.5. The van der Waals surface area contributed by atoms with E-state index in [1.807, 2.05) is 6.07 Å². The Bertz CT molecular complexity index is 764. The molecule has 0 fully saturated rings. The van der Waals surface area contributed by atoms with E-state index < -0.39 is 0 Å². The summed E-state index contributed by atoms with van der Waals surface area (Å²) in [7, 11) is 0. The van der Waals surface area contributed by atoms with Crippen LogP contribution in [0.2, 0.25) is 5.02 Å². The predicted octanol–water partition coefficient (Wildman–Crippen LogP) is 5.94. The minimum Gasteiger partial charge on any atom is -0.0836 e. The average molecular weight is 269 g/mol. The van der Waals surface area contributed by atoms with Crippen molar-refractivity contribution in [3.05, 3.63) is 59.1 Å². The van der Waals surface area contributed by atoms with Crippen molar-refractivity contribution < 1.29 is 0 Å². The maximum Gasteiger partial charge on any atom is 0.0490 e. The molecule has 0 saturated carbocycles. The largest absolute Gasteiger partial charge is 0.0836 e. The first-order valence-corrected chi connectivity index (χ1v) is 6.96. The molecule has 0 aliphatic carbocycles. The van der Waals surface area contributed by atoms with E-state index in [1.165, 1.54) is 21.7 Å². The summed E-state index contributed by atoms with van der Waals surface area (Å²) in [6, 6.07) is 17.1. The van der Waals surface area contributed by atoms with Crippen molar-refractivity contribution in [2.75, 3.05) is 0 Å². The highest BCUT2D eigenvalue weighted by molar-refractivity contribution is 6.37. The minimum absolute atomic E-state index is 0.142. The standard InChI is InChI=1S/C18H17Cl/c1-18(2,3)13-8-9-15-14-7-5-4-6-12(14)10-17(19)16(15)11-13/h4-11H,1-3H3. The minimum atomic E-state index is 0.142. The lowest BCUT2D eigenvalue weighted by molar-refractivity contribution is 0.591. The molecule has 3 rings (SSSR count). The van der Waals surface area contributed by atoms with Crippen molar-refractivity contribution in [1.82, 2.24) is 0 Å². The molecule has 0 N–H and O–H groups in total. The number of benzene rings is 3. The molecule has 3 aromatic carbocycles. The molecule has 0 unspecified atom stereocenters. The van der Waals surface area contributed by atoms with E-state index in [9.17, 15) is 0 Å². The lowest BCUT2D eigenvalue weighted by Crippen LogP contribution is -2.10. The predicted molar refractivity (Wildman–Crippen MR) is 85.2 cm³/mol. The summed E-state index contributed by atoms with van der Waals surface area (Å²) in [5.41, 5.74) is 1.46. The van der Waals surface area contributed by atoms with Crippen LogP contribution in [0.25, 0.3) is 21.5 Å². The second kappa shape index (κ2) is 4.25. The Hall–Kier alpha value is -1.53. The van der Waals surface area contributed by atoms with Gasteiger partial charge in [0.05, 0.1) is 0 Å². The molecule has 0 atom stereocenters. The Balaban J connectivity index is 2.42. The monoisotopic (exact) mass is 268 g/mol. The summed E-state index contributed by atoms with van der Waals surface area (Å²) >= 11 is 6.46. The fraction of sp³-hybridized carbons (Fsp3) is 0.222. The van der Waals surface area contributed by atoms with E-state index in [1.54, 1.807) is 0 Å². The van der Waals surface area contributed by atoms with Gasteiger partial charge in [0.15, 0.2) is 0 Å². The van der Waals surface area contributed by atoms with Crippen LogP contribution in [0, 0.1) is 0 Å². The van der Waals surface area contributed by atoms with Crippen molar-refractivity contribution >= 4 is 33.1 Å². The van der Waals surface area contributed by atoms with Gasteiger partial charge < -0.3 is 0 Å². The van der Waals surface area contributed by atoms with Crippen molar-refractivity contribution in [2.24, 2.45) is 0 Å². The third-order valence-corrected chi connectivity index (χ3v) is 3.99. The molecule has 0 spiro atoms. The first-order valence-electron chi connectivity index (χ1n) is 6.58. The van der Waals surface area contributed by atoms with E-state index in [0.717, 1.165) is 10.4 Å². The number of hydrogen-bond acceptors (Lipinski definition) is 0. The van der Waals surface area contributed by atoms with Gasteiger partial charge in [0.2, 0.25) is 0 Å². The molecule has 0 amide bonds. The maximum atomic E-state index is 6.46. The third kappa shape index (κ3) is 2.11. The van der Waals surface area contributed by atoms with E-state index in [4.69, 9.17) is 11.6 Å². The Kier molecular flexibility index (Phi) is 2.79. The molecule has 0 nitrogen and oxygen atoms in total. The molecule has 3 aromatic rings. The van der Waals surface area contributed by atoms with Crippen LogP contribution in [0.1, 0.15) is 26.3 Å². The number of rotatable bonds is 0. The molecule has 0 heterocycles. The van der Waals surface area contributed by atoms with Crippen molar-refractivity contribution in [1.29, 1.82) is 0 Å². The topological polar surface area (TPSA) is 0 Å². The van der Waals surface area contributed by atoms with Crippen LogP contribution in [0.3, 0.4) is 0 Å². The van der Waals surface area contributed by atoms with Gasteiger partial charge in [0, 0.05) is 10.4 Å². The Morgan fingerprint density at radius 2 is 1.53 bits per heavy atom. The second-order valence-electron chi connectivity index (χ2n) is 6.09. The van der Waals surface area contributed by atoms with Crippen LogP contribution in [0.5, 0.6) is 0 Å². The van der Waals surface area contributed by atoms with Crippen molar-refractivity contribution in [3.63, 3.8) is 0 Å². The normalized spacial score (nSPS) is 12.2. The SMILES string of the molecule is CC(C)(C)c1ccc2c(c1)c(Cl)cc1ccccc12. The molecule has 0 aliphatic heterocycles. The maximum absolute atomic E-state index is 6.46. The molecule has 0 aliphatic rings. The number of halogens is 1. The average Bonchev–Trinajstić information content (AvgIpc) is 2.37. The summed E-state index contributed by atoms with van der Waals surface area (Å²) in [4.78, 5) is 0. The van der Waals surface area contributed by atoms with E-state index in [-0.39, 0.29) is 5.41 Å². The van der Waals surface area contributed by atoms with Crippen LogP contribution in [-0.4, -0.2) is 0 Å². The fourth-order valence-corrected chi connectivity index (χ4v) is 2.80.